The van der Waals surface area contributed by atoms with E-state index in [-0.39, 0.29) is 10.8 Å². The van der Waals surface area contributed by atoms with Crippen LogP contribution in [0.5, 0.6) is 0 Å². The molecule has 2 aromatic heterocycles. The molecule has 11 aromatic rings. The van der Waals surface area contributed by atoms with Crippen molar-refractivity contribution in [3.05, 3.63) is 215 Å². The SMILES string of the molecule is CC1(C)CCC(C)(C)c2cc3c(cc21)c1c2c4c5ccccc5ccc4n(-c4ccc5c(c4)C4(c6ccccc6-c6ccccc64)c4ccccc4-5)c2ccc1n3-c1ccccc1. The summed E-state index contributed by atoms with van der Waals surface area (Å²) in [5, 5.41) is 7.84. The first kappa shape index (κ1) is 35.4. The second-order valence-corrected chi connectivity index (χ2v) is 19.8. The standard InChI is InChI=1S/C61H46N2/c1-59(2)32-33-60(3,4)51-36-55-45(35-50(51)59)57-53(62(55)38-17-6-5-7-18-38)30-31-54-58(57)56-40-19-9-8-16-37(40)26-29-52(56)63(54)39-27-28-44-43-22-12-15-25-48(43)61(49(44)34-39)46-23-13-10-20-41(46)42-21-11-14-24-47(42)61/h5-31,34-36H,32-33H2,1-4H3. The van der Waals surface area contributed by atoms with Crippen molar-refractivity contribution in [1.82, 2.24) is 9.13 Å². The van der Waals surface area contributed by atoms with Crippen LogP contribution < -0.4 is 0 Å². The van der Waals surface area contributed by atoms with Gasteiger partial charge >= 0.3 is 0 Å². The molecule has 300 valence electrons. The van der Waals surface area contributed by atoms with Crippen LogP contribution in [0, 0.1) is 0 Å². The first-order chi connectivity index (χ1) is 30.8. The van der Waals surface area contributed by atoms with Crippen molar-refractivity contribution in [2.45, 2.75) is 56.8 Å². The number of fused-ring (bicyclic) bond motifs is 20. The molecule has 0 aliphatic heterocycles. The first-order valence-corrected chi connectivity index (χ1v) is 22.7. The molecule has 3 aliphatic rings. The third kappa shape index (κ3) is 4.39. The number of nitrogens with zero attached hydrogens (tertiary/aromatic N) is 2. The Morgan fingerprint density at radius 2 is 0.825 bits per heavy atom. The Labute approximate surface area is 367 Å². The van der Waals surface area contributed by atoms with Crippen molar-refractivity contribution < 1.29 is 0 Å². The summed E-state index contributed by atoms with van der Waals surface area (Å²) >= 11 is 0. The van der Waals surface area contributed by atoms with Gasteiger partial charge in [0.1, 0.15) is 0 Å². The van der Waals surface area contributed by atoms with E-state index in [0.717, 1.165) is 0 Å². The smallest absolute Gasteiger partial charge is 0.0726 e. The number of para-hydroxylation sites is 1. The van der Waals surface area contributed by atoms with Crippen LogP contribution in [0.3, 0.4) is 0 Å². The van der Waals surface area contributed by atoms with E-state index < -0.39 is 5.41 Å². The largest absolute Gasteiger partial charge is 0.309 e. The summed E-state index contributed by atoms with van der Waals surface area (Å²) in [6, 6.07) is 69.4. The molecule has 0 amide bonds. The summed E-state index contributed by atoms with van der Waals surface area (Å²) in [6.07, 6.45) is 2.35. The average molecular weight is 807 g/mol. The lowest BCUT2D eigenvalue weighted by Gasteiger charge is -2.42. The van der Waals surface area contributed by atoms with Crippen molar-refractivity contribution >= 4 is 54.4 Å². The summed E-state index contributed by atoms with van der Waals surface area (Å²) in [4.78, 5) is 0. The Morgan fingerprint density at radius 1 is 0.333 bits per heavy atom. The molecule has 0 N–H and O–H groups in total. The zero-order chi connectivity index (χ0) is 42.0. The molecule has 63 heavy (non-hydrogen) atoms. The molecule has 2 nitrogen and oxygen atoms in total. The quantitative estimate of drug-likeness (QED) is 0.165. The van der Waals surface area contributed by atoms with Crippen LogP contribution in [0.25, 0.3) is 88.0 Å². The molecule has 14 rings (SSSR count). The van der Waals surface area contributed by atoms with Crippen LogP contribution in [0.15, 0.2) is 182 Å². The number of benzene rings is 9. The van der Waals surface area contributed by atoms with Crippen LogP contribution in [-0.4, -0.2) is 9.13 Å². The number of rotatable bonds is 2. The lowest BCUT2D eigenvalue weighted by Crippen LogP contribution is -2.33. The van der Waals surface area contributed by atoms with Crippen LogP contribution in [0.1, 0.15) is 73.9 Å². The minimum absolute atomic E-state index is 0.0736. The molecule has 0 bridgehead atoms. The van der Waals surface area contributed by atoms with Gasteiger partial charge in [-0.25, -0.2) is 0 Å². The molecular formula is C61H46N2. The first-order valence-electron chi connectivity index (χ1n) is 22.7. The second kappa shape index (κ2) is 12.1. The van der Waals surface area contributed by atoms with E-state index in [1.54, 1.807) is 0 Å². The Morgan fingerprint density at radius 3 is 1.48 bits per heavy atom. The van der Waals surface area contributed by atoms with Gasteiger partial charge in [-0.15, -0.1) is 0 Å². The summed E-state index contributed by atoms with van der Waals surface area (Å²) in [5.41, 5.74) is 20.8. The maximum atomic E-state index is 2.60. The molecule has 0 unspecified atom stereocenters. The fourth-order valence-electron chi connectivity index (χ4n) is 12.8. The maximum absolute atomic E-state index is 2.60. The highest BCUT2D eigenvalue weighted by Crippen LogP contribution is 2.63. The average Bonchev–Trinajstić information content (AvgIpc) is 4.02. The minimum atomic E-state index is -0.420. The molecule has 0 atom stereocenters. The summed E-state index contributed by atoms with van der Waals surface area (Å²) in [7, 11) is 0. The molecule has 3 aliphatic carbocycles. The topological polar surface area (TPSA) is 9.86 Å². The predicted octanol–water partition coefficient (Wildman–Crippen LogP) is 15.7. The lowest BCUT2D eigenvalue weighted by molar-refractivity contribution is 0.332. The van der Waals surface area contributed by atoms with Crippen molar-refractivity contribution in [2.24, 2.45) is 0 Å². The highest BCUT2D eigenvalue weighted by Gasteiger charge is 2.51. The van der Waals surface area contributed by atoms with E-state index in [9.17, 15) is 0 Å². The number of hydrogen-bond donors (Lipinski definition) is 0. The minimum Gasteiger partial charge on any atom is -0.309 e. The Bertz CT molecular complexity index is 3730. The molecular weight excluding hydrogens is 761 g/mol. The molecule has 1 spiro atoms. The normalized spacial score (nSPS) is 16.2. The van der Waals surface area contributed by atoms with E-state index in [1.165, 1.54) is 134 Å². The molecule has 0 saturated carbocycles. The van der Waals surface area contributed by atoms with Crippen molar-refractivity contribution in [3.63, 3.8) is 0 Å². The Kier molecular flexibility index (Phi) is 6.78. The Hall–Kier alpha value is -7.16. The van der Waals surface area contributed by atoms with Gasteiger partial charge in [-0.05, 0) is 145 Å². The van der Waals surface area contributed by atoms with Gasteiger partial charge in [0.15, 0.2) is 0 Å². The van der Waals surface area contributed by atoms with Crippen LogP contribution >= 0.6 is 0 Å². The fraction of sp³-hybridized carbons (Fsp3) is 0.148. The summed E-state index contributed by atoms with van der Waals surface area (Å²) < 4.78 is 5.12. The van der Waals surface area contributed by atoms with Gasteiger partial charge in [0.05, 0.1) is 27.5 Å². The highest BCUT2D eigenvalue weighted by atomic mass is 15.0. The van der Waals surface area contributed by atoms with Crippen molar-refractivity contribution in [3.8, 4) is 33.6 Å². The fourth-order valence-corrected chi connectivity index (χ4v) is 12.8. The van der Waals surface area contributed by atoms with Crippen molar-refractivity contribution in [2.75, 3.05) is 0 Å². The molecule has 0 radical (unpaired) electrons. The van der Waals surface area contributed by atoms with Crippen LogP contribution in [0.2, 0.25) is 0 Å². The highest BCUT2D eigenvalue weighted by molar-refractivity contribution is 6.33. The molecule has 9 aromatic carbocycles. The predicted molar refractivity (Wildman–Crippen MR) is 264 cm³/mol. The third-order valence-electron chi connectivity index (χ3n) is 15.8. The van der Waals surface area contributed by atoms with E-state index in [4.69, 9.17) is 0 Å². The molecule has 2 heteroatoms. The van der Waals surface area contributed by atoms with Gasteiger partial charge in [-0.1, -0.05) is 155 Å². The lowest BCUT2D eigenvalue weighted by atomic mass is 9.63. The monoisotopic (exact) mass is 806 g/mol. The van der Waals surface area contributed by atoms with Gasteiger partial charge < -0.3 is 9.13 Å². The van der Waals surface area contributed by atoms with Gasteiger partial charge in [0, 0.05) is 32.9 Å². The zero-order valence-corrected chi connectivity index (χ0v) is 36.1. The third-order valence-corrected chi connectivity index (χ3v) is 15.8. The van der Waals surface area contributed by atoms with E-state index in [1.807, 2.05) is 0 Å². The molecule has 0 fully saturated rings. The van der Waals surface area contributed by atoms with E-state index >= 15 is 0 Å². The van der Waals surface area contributed by atoms with Crippen LogP contribution in [-0.2, 0) is 16.2 Å². The van der Waals surface area contributed by atoms with E-state index in [0.29, 0.717) is 0 Å². The Balaban J connectivity index is 1.14. The summed E-state index contributed by atoms with van der Waals surface area (Å²) in [6.45, 7) is 9.81. The van der Waals surface area contributed by atoms with Gasteiger partial charge in [-0.3, -0.25) is 0 Å². The molecule has 2 heterocycles. The number of hydrogen-bond acceptors (Lipinski definition) is 0. The van der Waals surface area contributed by atoms with Crippen LogP contribution in [0.4, 0.5) is 0 Å². The van der Waals surface area contributed by atoms with E-state index in [2.05, 4.69) is 219 Å². The van der Waals surface area contributed by atoms with Crippen molar-refractivity contribution in [1.29, 1.82) is 0 Å². The van der Waals surface area contributed by atoms with Gasteiger partial charge in [-0.2, -0.15) is 0 Å². The maximum Gasteiger partial charge on any atom is 0.0726 e. The second-order valence-electron chi connectivity index (χ2n) is 19.8. The summed E-state index contributed by atoms with van der Waals surface area (Å²) in [5.74, 6) is 0. The van der Waals surface area contributed by atoms with Gasteiger partial charge in [0.25, 0.3) is 0 Å². The zero-order valence-electron chi connectivity index (χ0n) is 36.1. The van der Waals surface area contributed by atoms with Gasteiger partial charge in [0.2, 0.25) is 0 Å². The molecule has 0 saturated heterocycles. The number of aromatic nitrogens is 2.